The van der Waals surface area contributed by atoms with Crippen LogP contribution < -0.4 is 10.1 Å². The molecule has 0 bridgehead atoms. The molecule has 2 aromatic carbocycles. The predicted molar refractivity (Wildman–Crippen MR) is 107 cm³/mol. The average molecular weight is 412 g/mol. The van der Waals surface area contributed by atoms with Crippen molar-refractivity contribution in [2.75, 3.05) is 26.0 Å². The highest BCUT2D eigenvalue weighted by Gasteiger charge is 2.16. The number of halogens is 1. The van der Waals surface area contributed by atoms with Crippen LogP contribution in [0.2, 0.25) is 0 Å². The van der Waals surface area contributed by atoms with Crippen LogP contribution in [0.4, 0.5) is 10.1 Å². The van der Waals surface area contributed by atoms with Crippen LogP contribution in [0, 0.1) is 5.82 Å². The minimum atomic E-state index is -0.355. The van der Waals surface area contributed by atoms with Crippen molar-refractivity contribution in [2.45, 2.75) is 12.8 Å². The minimum absolute atomic E-state index is 0.0878. The van der Waals surface area contributed by atoms with Gasteiger partial charge in [-0.05, 0) is 48.5 Å². The summed E-state index contributed by atoms with van der Waals surface area (Å²) in [4.78, 5) is 30.0. The predicted octanol–water partition coefficient (Wildman–Crippen LogP) is 2.91. The molecule has 0 atom stereocenters. The summed E-state index contributed by atoms with van der Waals surface area (Å²) in [6, 6.07) is 12.6. The lowest BCUT2D eigenvalue weighted by Crippen LogP contribution is -2.35. The molecule has 1 aromatic heterocycles. The quantitative estimate of drug-likeness (QED) is 0.611. The van der Waals surface area contributed by atoms with Gasteiger partial charge in [0.05, 0.1) is 13.7 Å². The van der Waals surface area contributed by atoms with Gasteiger partial charge >= 0.3 is 0 Å². The molecule has 0 aliphatic rings. The normalized spacial score (nSPS) is 10.5. The van der Waals surface area contributed by atoms with Gasteiger partial charge in [-0.2, -0.15) is 4.98 Å². The molecule has 0 aliphatic carbocycles. The lowest BCUT2D eigenvalue weighted by atomic mass is 10.2. The van der Waals surface area contributed by atoms with Crippen LogP contribution in [0.5, 0.6) is 5.75 Å². The van der Waals surface area contributed by atoms with Crippen molar-refractivity contribution in [1.82, 2.24) is 15.0 Å². The molecule has 1 N–H and O–H groups in total. The zero-order valence-electron chi connectivity index (χ0n) is 16.6. The summed E-state index contributed by atoms with van der Waals surface area (Å²) in [6.45, 7) is -0.0878. The second kappa shape index (κ2) is 9.64. The Kier molecular flexibility index (Phi) is 6.74. The molecular formula is C21H21FN4O4. The van der Waals surface area contributed by atoms with E-state index >= 15 is 0 Å². The number of likely N-dealkylation sites (N-methyl/N-ethyl adjacent to an activating group) is 1. The van der Waals surface area contributed by atoms with E-state index in [0.29, 0.717) is 28.7 Å². The summed E-state index contributed by atoms with van der Waals surface area (Å²) in [5.41, 5.74) is 1.23. The maximum atomic E-state index is 13.0. The van der Waals surface area contributed by atoms with E-state index in [0.717, 1.165) is 0 Å². The van der Waals surface area contributed by atoms with Gasteiger partial charge in [-0.15, -0.1) is 0 Å². The van der Waals surface area contributed by atoms with Crippen LogP contribution in [-0.4, -0.2) is 47.6 Å². The molecule has 1 heterocycles. The van der Waals surface area contributed by atoms with Crippen LogP contribution in [0.1, 0.15) is 12.3 Å². The second-order valence-electron chi connectivity index (χ2n) is 6.55. The van der Waals surface area contributed by atoms with Crippen LogP contribution in [0.25, 0.3) is 11.4 Å². The van der Waals surface area contributed by atoms with Gasteiger partial charge in [0, 0.05) is 31.1 Å². The van der Waals surface area contributed by atoms with E-state index in [9.17, 15) is 14.0 Å². The van der Waals surface area contributed by atoms with Crippen LogP contribution >= 0.6 is 0 Å². The van der Waals surface area contributed by atoms with Crippen molar-refractivity contribution < 1.29 is 23.2 Å². The van der Waals surface area contributed by atoms with Crippen LogP contribution in [0.15, 0.2) is 53.1 Å². The Bertz CT molecular complexity index is 1000. The van der Waals surface area contributed by atoms with Gasteiger partial charge in [-0.25, -0.2) is 4.39 Å². The topological polar surface area (TPSA) is 97.6 Å². The van der Waals surface area contributed by atoms with Gasteiger partial charge in [0.15, 0.2) is 0 Å². The van der Waals surface area contributed by atoms with E-state index in [4.69, 9.17) is 9.26 Å². The highest BCUT2D eigenvalue weighted by atomic mass is 19.1. The van der Waals surface area contributed by atoms with Crippen molar-refractivity contribution in [3.05, 3.63) is 60.2 Å². The third-order valence-electron chi connectivity index (χ3n) is 4.30. The van der Waals surface area contributed by atoms with Gasteiger partial charge in [-0.3, -0.25) is 9.59 Å². The number of nitrogens with zero attached hydrogens (tertiary/aromatic N) is 3. The number of anilines is 1. The fourth-order valence-corrected chi connectivity index (χ4v) is 2.66. The Balaban J connectivity index is 1.47. The number of amides is 2. The molecule has 3 aromatic rings. The molecular weight excluding hydrogens is 391 g/mol. The van der Waals surface area contributed by atoms with Crippen LogP contribution in [0.3, 0.4) is 0 Å². The van der Waals surface area contributed by atoms with Crippen molar-refractivity contribution >= 4 is 17.5 Å². The Labute approximate surface area is 172 Å². The number of hydrogen-bond donors (Lipinski definition) is 1. The number of ether oxygens (including phenoxy) is 1. The van der Waals surface area contributed by atoms with Gasteiger partial charge in [-0.1, -0.05) is 5.16 Å². The maximum absolute atomic E-state index is 13.0. The largest absolute Gasteiger partial charge is 0.497 e. The maximum Gasteiger partial charge on any atom is 0.243 e. The lowest BCUT2D eigenvalue weighted by molar-refractivity contribution is -0.133. The second-order valence-corrected chi connectivity index (χ2v) is 6.55. The number of benzene rings is 2. The number of aryl methyl sites for hydroxylation is 1. The number of carbonyl (C=O) groups excluding carboxylic acids is 2. The molecule has 0 aliphatic heterocycles. The fourth-order valence-electron chi connectivity index (χ4n) is 2.66. The first kappa shape index (κ1) is 21.0. The van der Waals surface area contributed by atoms with E-state index in [2.05, 4.69) is 15.5 Å². The van der Waals surface area contributed by atoms with Crippen molar-refractivity contribution in [1.29, 1.82) is 0 Å². The number of methoxy groups -OCH3 is 1. The summed E-state index contributed by atoms with van der Waals surface area (Å²) in [7, 11) is 3.11. The first-order valence-corrected chi connectivity index (χ1v) is 9.21. The third kappa shape index (κ3) is 5.63. The molecule has 3 rings (SSSR count). The van der Waals surface area contributed by atoms with E-state index < -0.39 is 0 Å². The van der Waals surface area contributed by atoms with E-state index in [1.807, 2.05) is 0 Å². The average Bonchev–Trinajstić information content (AvgIpc) is 3.22. The van der Waals surface area contributed by atoms with Gasteiger partial charge in [0.1, 0.15) is 11.6 Å². The number of rotatable bonds is 8. The molecule has 0 radical (unpaired) electrons. The molecule has 2 amide bonds. The Morgan fingerprint density at radius 1 is 1.13 bits per heavy atom. The summed E-state index contributed by atoms with van der Waals surface area (Å²) in [5, 5.41) is 6.56. The number of hydrogen-bond acceptors (Lipinski definition) is 6. The van der Waals surface area contributed by atoms with Crippen molar-refractivity contribution in [3.8, 4) is 17.1 Å². The Hall–Kier alpha value is -3.75. The number of aromatic nitrogens is 2. The molecule has 8 nitrogen and oxygen atoms in total. The standard InChI is InChI=1S/C21H21FN4O4/c1-26(13-18(27)23-16-7-9-17(29-2)10-8-16)20(28)12-11-19-24-21(25-30-19)14-3-5-15(22)6-4-14/h3-10H,11-13H2,1-2H3,(H,23,27). The molecule has 0 saturated heterocycles. The Morgan fingerprint density at radius 3 is 2.50 bits per heavy atom. The summed E-state index contributed by atoms with van der Waals surface area (Å²) < 4.78 is 23.2. The van der Waals surface area contributed by atoms with E-state index in [1.165, 1.54) is 17.0 Å². The molecule has 0 unspecified atom stereocenters. The SMILES string of the molecule is COc1ccc(NC(=O)CN(C)C(=O)CCc2nc(-c3ccc(F)cc3)no2)cc1. The van der Waals surface area contributed by atoms with E-state index in [1.54, 1.807) is 50.6 Å². The molecule has 156 valence electrons. The monoisotopic (exact) mass is 412 g/mol. The summed E-state index contributed by atoms with van der Waals surface area (Å²) in [6.07, 6.45) is 0.342. The van der Waals surface area contributed by atoms with Crippen molar-refractivity contribution in [2.24, 2.45) is 0 Å². The van der Waals surface area contributed by atoms with Gasteiger partial charge in [0.25, 0.3) is 0 Å². The summed E-state index contributed by atoms with van der Waals surface area (Å²) >= 11 is 0. The minimum Gasteiger partial charge on any atom is -0.497 e. The number of nitrogens with one attached hydrogen (secondary N) is 1. The molecule has 0 saturated carbocycles. The Morgan fingerprint density at radius 2 is 1.83 bits per heavy atom. The summed E-state index contributed by atoms with van der Waals surface area (Å²) in [5.74, 6) is 0.397. The zero-order chi connectivity index (χ0) is 21.5. The smallest absolute Gasteiger partial charge is 0.243 e. The first-order valence-electron chi connectivity index (χ1n) is 9.21. The number of carbonyl (C=O) groups is 2. The van der Waals surface area contributed by atoms with Crippen LogP contribution in [-0.2, 0) is 16.0 Å². The molecule has 0 fully saturated rings. The van der Waals surface area contributed by atoms with E-state index in [-0.39, 0.29) is 37.0 Å². The lowest BCUT2D eigenvalue weighted by Gasteiger charge is -2.16. The third-order valence-corrected chi connectivity index (χ3v) is 4.30. The first-order chi connectivity index (χ1) is 14.4. The molecule has 30 heavy (non-hydrogen) atoms. The zero-order valence-corrected chi connectivity index (χ0v) is 16.6. The van der Waals surface area contributed by atoms with Crippen molar-refractivity contribution in [3.63, 3.8) is 0 Å². The van der Waals surface area contributed by atoms with Gasteiger partial charge < -0.3 is 19.5 Å². The van der Waals surface area contributed by atoms with Gasteiger partial charge in [0.2, 0.25) is 23.5 Å². The molecule has 9 heteroatoms. The highest BCUT2D eigenvalue weighted by molar-refractivity contribution is 5.94. The fraction of sp³-hybridized carbons (Fsp3) is 0.238. The molecule has 0 spiro atoms. The highest BCUT2D eigenvalue weighted by Crippen LogP contribution is 2.17.